The highest BCUT2D eigenvalue weighted by atomic mass is 19.4. The number of hydrogen-bond donors (Lipinski definition) is 0. The molecule has 0 radical (unpaired) electrons. The van der Waals surface area contributed by atoms with Crippen molar-refractivity contribution in [2.45, 2.75) is 25.9 Å². The SMILES string of the molecule is CCOC(=O)c1ncn2c(C(F)(F)F)c3c(nc12)-c1ccccc1CC3. The highest BCUT2D eigenvalue weighted by molar-refractivity contribution is 5.94. The van der Waals surface area contributed by atoms with Gasteiger partial charge >= 0.3 is 12.1 Å². The van der Waals surface area contributed by atoms with Gasteiger partial charge in [0.2, 0.25) is 0 Å². The van der Waals surface area contributed by atoms with Crippen LogP contribution in [0.3, 0.4) is 0 Å². The van der Waals surface area contributed by atoms with E-state index < -0.39 is 17.8 Å². The molecule has 26 heavy (non-hydrogen) atoms. The molecule has 0 amide bonds. The van der Waals surface area contributed by atoms with E-state index in [0.29, 0.717) is 12.0 Å². The Kier molecular flexibility index (Phi) is 3.71. The molecule has 1 aromatic carbocycles. The second-order valence-electron chi connectivity index (χ2n) is 5.95. The fourth-order valence-corrected chi connectivity index (χ4v) is 3.38. The van der Waals surface area contributed by atoms with Gasteiger partial charge in [0.25, 0.3) is 0 Å². The Hall–Kier alpha value is -2.90. The monoisotopic (exact) mass is 361 g/mol. The molecule has 0 bridgehead atoms. The number of carbonyl (C=O) groups excluding carboxylic acids is 1. The van der Waals surface area contributed by atoms with Gasteiger partial charge in [-0.15, -0.1) is 0 Å². The van der Waals surface area contributed by atoms with Crippen molar-refractivity contribution < 1.29 is 22.7 Å². The van der Waals surface area contributed by atoms with Gasteiger partial charge in [-0.1, -0.05) is 24.3 Å². The van der Waals surface area contributed by atoms with Crippen LogP contribution in [0, 0.1) is 0 Å². The topological polar surface area (TPSA) is 56.5 Å². The van der Waals surface area contributed by atoms with E-state index in [2.05, 4.69) is 9.97 Å². The maximum Gasteiger partial charge on any atom is 0.432 e. The molecule has 0 atom stereocenters. The van der Waals surface area contributed by atoms with E-state index >= 15 is 0 Å². The number of imidazole rings is 1. The lowest BCUT2D eigenvalue weighted by Crippen LogP contribution is -2.20. The van der Waals surface area contributed by atoms with Crippen molar-refractivity contribution >= 4 is 11.6 Å². The molecule has 0 saturated heterocycles. The van der Waals surface area contributed by atoms with Gasteiger partial charge in [-0.05, 0) is 25.3 Å². The number of ether oxygens (including phenoxy) is 1. The summed E-state index contributed by atoms with van der Waals surface area (Å²) in [6.45, 7) is 1.71. The third-order valence-corrected chi connectivity index (χ3v) is 4.43. The van der Waals surface area contributed by atoms with Crippen LogP contribution < -0.4 is 0 Å². The average Bonchev–Trinajstić information content (AvgIpc) is 3.02. The van der Waals surface area contributed by atoms with Crippen LogP contribution in [0.5, 0.6) is 0 Å². The number of esters is 1. The first-order valence-electron chi connectivity index (χ1n) is 8.14. The lowest BCUT2D eigenvalue weighted by molar-refractivity contribution is -0.142. The standard InChI is InChI=1S/C18H14F3N3O2/c1-2-26-17(25)14-16-23-13-11-6-4-3-5-10(11)7-8-12(13)15(18(19,20)21)24(16)9-22-14/h3-6,9H,2,7-8H2,1H3. The number of aryl methyl sites for hydroxylation is 1. The van der Waals surface area contributed by atoms with Crippen LogP contribution in [0.1, 0.15) is 34.2 Å². The number of fused-ring (bicyclic) bond motifs is 4. The molecule has 1 aliphatic carbocycles. The molecule has 0 saturated carbocycles. The molecule has 3 aromatic rings. The summed E-state index contributed by atoms with van der Waals surface area (Å²) in [6, 6.07) is 7.23. The van der Waals surface area contributed by atoms with Crippen molar-refractivity contribution in [1.29, 1.82) is 0 Å². The van der Waals surface area contributed by atoms with Crippen molar-refractivity contribution in [1.82, 2.24) is 14.4 Å². The van der Waals surface area contributed by atoms with Gasteiger partial charge in [-0.25, -0.2) is 14.8 Å². The van der Waals surface area contributed by atoms with E-state index in [9.17, 15) is 18.0 Å². The predicted octanol–water partition coefficient (Wildman–Crippen LogP) is 3.69. The Bertz CT molecular complexity index is 1020. The fraction of sp³-hybridized carbons (Fsp3) is 0.278. The van der Waals surface area contributed by atoms with Gasteiger partial charge in [-0.3, -0.25) is 4.40 Å². The molecule has 2 aromatic heterocycles. The van der Waals surface area contributed by atoms with Gasteiger partial charge in [0.15, 0.2) is 11.3 Å². The summed E-state index contributed by atoms with van der Waals surface area (Å²) in [5.74, 6) is -0.792. The number of benzene rings is 1. The van der Waals surface area contributed by atoms with E-state index in [1.165, 1.54) is 0 Å². The van der Waals surface area contributed by atoms with Crippen LogP contribution in [0.25, 0.3) is 16.9 Å². The Morgan fingerprint density at radius 3 is 2.77 bits per heavy atom. The van der Waals surface area contributed by atoms with E-state index in [1.54, 1.807) is 19.1 Å². The first-order valence-corrected chi connectivity index (χ1v) is 8.14. The quantitative estimate of drug-likeness (QED) is 0.653. The summed E-state index contributed by atoms with van der Waals surface area (Å²) >= 11 is 0. The number of halogens is 3. The summed E-state index contributed by atoms with van der Waals surface area (Å²) < 4.78 is 47.3. The third-order valence-electron chi connectivity index (χ3n) is 4.43. The minimum absolute atomic E-state index is 0.0950. The molecule has 1 aliphatic rings. The van der Waals surface area contributed by atoms with Gasteiger partial charge < -0.3 is 4.74 Å². The lowest BCUT2D eigenvalue weighted by atomic mass is 9.88. The summed E-state index contributed by atoms with van der Waals surface area (Å²) in [5.41, 5.74) is 0.749. The number of alkyl halides is 3. The number of aromatic nitrogens is 3. The molecule has 8 heteroatoms. The smallest absolute Gasteiger partial charge is 0.432 e. The normalized spacial score (nSPS) is 13.4. The Balaban J connectivity index is 2.07. The number of hydrogen-bond acceptors (Lipinski definition) is 4. The molecule has 134 valence electrons. The van der Waals surface area contributed by atoms with Crippen LogP contribution in [-0.4, -0.2) is 26.9 Å². The molecule has 0 fully saturated rings. The van der Waals surface area contributed by atoms with Crippen LogP contribution in [0.2, 0.25) is 0 Å². The molecule has 0 N–H and O–H groups in total. The van der Waals surface area contributed by atoms with Crippen molar-refractivity contribution in [3.8, 4) is 11.3 Å². The molecule has 0 aliphatic heterocycles. The molecule has 4 rings (SSSR count). The third kappa shape index (κ3) is 2.44. The zero-order valence-corrected chi connectivity index (χ0v) is 13.8. The van der Waals surface area contributed by atoms with Crippen LogP contribution in [0.4, 0.5) is 13.2 Å². The number of nitrogens with zero attached hydrogens (tertiary/aromatic N) is 3. The molecule has 2 heterocycles. The highest BCUT2D eigenvalue weighted by Crippen LogP contribution is 2.40. The van der Waals surface area contributed by atoms with E-state index in [-0.39, 0.29) is 35.6 Å². The molecule has 5 nitrogen and oxygen atoms in total. The second kappa shape index (κ2) is 5.82. The van der Waals surface area contributed by atoms with Crippen molar-refractivity contribution in [3.63, 3.8) is 0 Å². The van der Waals surface area contributed by atoms with Gasteiger partial charge in [0.1, 0.15) is 12.0 Å². The van der Waals surface area contributed by atoms with Gasteiger partial charge in [0.05, 0.1) is 12.3 Å². The average molecular weight is 361 g/mol. The van der Waals surface area contributed by atoms with E-state index in [4.69, 9.17) is 4.74 Å². The summed E-state index contributed by atoms with van der Waals surface area (Å²) in [5, 5.41) is 0. The highest BCUT2D eigenvalue weighted by Gasteiger charge is 2.40. The number of carbonyl (C=O) groups is 1. The minimum atomic E-state index is -4.61. The zero-order valence-electron chi connectivity index (χ0n) is 13.8. The van der Waals surface area contributed by atoms with E-state index in [0.717, 1.165) is 16.3 Å². The molecule has 0 unspecified atom stereocenters. The van der Waals surface area contributed by atoms with Crippen molar-refractivity contribution in [2.24, 2.45) is 0 Å². The lowest BCUT2D eigenvalue weighted by Gasteiger charge is -2.23. The van der Waals surface area contributed by atoms with Gasteiger partial charge in [-0.2, -0.15) is 13.2 Å². The van der Waals surface area contributed by atoms with Crippen molar-refractivity contribution in [2.75, 3.05) is 6.61 Å². The largest absolute Gasteiger partial charge is 0.461 e. The van der Waals surface area contributed by atoms with Crippen LogP contribution in [-0.2, 0) is 23.8 Å². The Labute approximate surface area is 146 Å². The fourth-order valence-electron chi connectivity index (χ4n) is 3.38. The first-order chi connectivity index (χ1) is 12.4. The van der Waals surface area contributed by atoms with Gasteiger partial charge in [0, 0.05) is 11.1 Å². The summed E-state index contributed by atoms with van der Waals surface area (Å²) in [6.07, 6.45) is -2.90. The predicted molar refractivity (Wildman–Crippen MR) is 86.8 cm³/mol. The maximum atomic E-state index is 13.8. The Morgan fingerprint density at radius 1 is 1.27 bits per heavy atom. The maximum absolute atomic E-state index is 13.8. The minimum Gasteiger partial charge on any atom is -0.461 e. The summed E-state index contributed by atoms with van der Waals surface area (Å²) in [7, 11) is 0. The summed E-state index contributed by atoms with van der Waals surface area (Å²) in [4.78, 5) is 20.3. The zero-order chi connectivity index (χ0) is 18.5. The number of rotatable bonds is 2. The first kappa shape index (κ1) is 16.6. The van der Waals surface area contributed by atoms with Crippen molar-refractivity contribution in [3.05, 3.63) is 53.1 Å². The second-order valence-corrected chi connectivity index (χ2v) is 5.95. The molecule has 0 spiro atoms. The van der Waals surface area contributed by atoms with Crippen LogP contribution in [0.15, 0.2) is 30.6 Å². The molecular formula is C18H14F3N3O2. The Morgan fingerprint density at radius 2 is 2.04 bits per heavy atom. The van der Waals surface area contributed by atoms with E-state index in [1.807, 2.05) is 12.1 Å². The molecular weight excluding hydrogens is 347 g/mol. The van der Waals surface area contributed by atoms with Crippen LogP contribution >= 0.6 is 0 Å².